The van der Waals surface area contributed by atoms with Gasteiger partial charge in [0.2, 0.25) is 0 Å². The third-order valence-electron chi connectivity index (χ3n) is 4.58. The number of H-pyrrole nitrogens is 1. The fraction of sp³-hybridized carbons (Fsp3) is 0.316. The third-order valence-corrected chi connectivity index (χ3v) is 4.58. The van der Waals surface area contributed by atoms with Crippen LogP contribution >= 0.6 is 0 Å². The van der Waals surface area contributed by atoms with Gasteiger partial charge < -0.3 is 14.0 Å². The van der Waals surface area contributed by atoms with Gasteiger partial charge in [-0.3, -0.25) is 14.7 Å². The lowest BCUT2D eigenvalue weighted by molar-refractivity contribution is 0.178. The molecule has 0 fully saturated rings. The summed E-state index contributed by atoms with van der Waals surface area (Å²) in [5.74, 6) is 0.708. The van der Waals surface area contributed by atoms with Crippen LogP contribution in [-0.2, 0) is 22.6 Å². The Bertz CT molecular complexity index is 1290. The van der Waals surface area contributed by atoms with E-state index in [-0.39, 0.29) is 23.7 Å². The SMILES string of the molecule is COCCCn1ccc2nc3ccn(-c4n[nH]c(COC)n4)c(=O)c3cc2c1=O. The first-order valence-electron chi connectivity index (χ1n) is 9.07. The number of hydrogen-bond donors (Lipinski definition) is 1. The summed E-state index contributed by atoms with van der Waals surface area (Å²) in [7, 11) is 3.17. The molecule has 0 spiro atoms. The van der Waals surface area contributed by atoms with Gasteiger partial charge in [-0.15, -0.1) is 5.10 Å². The second-order valence-corrected chi connectivity index (χ2v) is 6.52. The molecule has 0 aliphatic carbocycles. The van der Waals surface area contributed by atoms with Crippen molar-refractivity contribution in [3.63, 3.8) is 0 Å². The summed E-state index contributed by atoms with van der Waals surface area (Å²) in [6.07, 6.45) is 3.99. The van der Waals surface area contributed by atoms with E-state index in [0.717, 1.165) is 0 Å². The first-order chi connectivity index (χ1) is 14.1. The molecule has 0 unspecified atom stereocenters. The zero-order chi connectivity index (χ0) is 20.4. The number of aromatic nitrogens is 6. The Kier molecular flexibility index (Phi) is 5.19. The van der Waals surface area contributed by atoms with E-state index in [1.54, 1.807) is 49.4 Å². The van der Waals surface area contributed by atoms with Gasteiger partial charge in [-0.05, 0) is 24.6 Å². The highest BCUT2D eigenvalue weighted by molar-refractivity contribution is 5.91. The number of ether oxygens (including phenoxy) is 2. The molecule has 0 amide bonds. The Morgan fingerprint density at radius 3 is 2.52 bits per heavy atom. The van der Waals surface area contributed by atoms with Crippen LogP contribution in [0.15, 0.2) is 40.2 Å². The molecule has 4 aromatic heterocycles. The molecule has 29 heavy (non-hydrogen) atoms. The Morgan fingerprint density at radius 1 is 1.00 bits per heavy atom. The number of fused-ring (bicyclic) bond motifs is 2. The van der Waals surface area contributed by atoms with Crippen molar-refractivity contribution >= 4 is 21.8 Å². The van der Waals surface area contributed by atoms with Gasteiger partial charge in [-0.1, -0.05) is 0 Å². The molecule has 10 nitrogen and oxygen atoms in total. The topological polar surface area (TPSA) is 117 Å². The van der Waals surface area contributed by atoms with Gasteiger partial charge in [0, 0.05) is 39.8 Å². The van der Waals surface area contributed by atoms with Crippen LogP contribution in [0.4, 0.5) is 0 Å². The minimum absolute atomic E-state index is 0.192. The number of nitrogens with zero attached hydrogens (tertiary/aromatic N) is 5. The average Bonchev–Trinajstić information content (AvgIpc) is 3.18. The lowest BCUT2D eigenvalue weighted by Crippen LogP contribution is -2.22. The number of pyridine rings is 3. The number of nitrogens with one attached hydrogen (secondary N) is 1. The lowest BCUT2D eigenvalue weighted by Gasteiger charge is -2.08. The van der Waals surface area contributed by atoms with Crippen LogP contribution in [0.25, 0.3) is 27.8 Å². The Balaban J connectivity index is 1.83. The predicted octanol–water partition coefficient (Wildman–Crippen LogP) is 1.00. The van der Waals surface area contributed by atoms with Gasteiger partial charge in [0.05, 0.1) is 21.8 Å². The smallest absolute Gasteiger partial charge is 0.267 e. The largest absolute Gasteiger partial charge is 0.385 e. The van der Waals surface area contributed by atoms with Gasteiger partial charge in [0.25, 0.3) is 17.1 Å². The second kappa shape index (κ2) is 7.94. The highest BCUT2D eigenvalue weighted by Gasteiger charge is 2.13. The van der Waals surface area contributed by atoms with Crippen molar-refractivity contribution < 1.29 is 9.47 Å². The quantitative estimate of drug-likeness (QED) is 0.366. The molecule has 10 heteroatoms. The number of aryl methyl sites for hydroxylation is 1. The van der Waals surface area contributed by atoms with E-state index in [0.29, 0.717) is 47.2 Å². The fourth-order valence-corrected chi connectivity index (χ4v) is 3.17. The van der Waals surface area contributed by atoms with E-state index in [4.69, 9.17) is 9.47 Å². The average molecular weight is 396 g/mol. The lowest BCUT2D eigenvalue weighted by atomic mass is 10.2. The van der Waals surface area contributed by atoms with Gasteiger partial charge in [0.1, 0.15) is 6.61 Å². The molecule has 150 valence electrons. The van der Waals surface area contributed by atoms with E-state index in [1.165, 1.54) is 4.57 Å². The molecule has 0 radical (unpaired) electrons. The van der Waals surface area contributed by atoms with Crippen LogP contribution in [0.5, 0.6) is 0 Å². The van der Waals surface area contributed by atoms with E-state index in [9.17, 15) is 9.59 Å². The maximum absolute atomic E-state index is 13.0. The van der Waals surface area contributed by atoms with Crippen molar-refractivity contribution in [2.75, 3.05) is 20.8 Å². The van der Waals surface area contributed by atoms with Crippen LogP contribution in [0.1, 0.15) is 12.2 Å². The molecular formula is C19H20N6O4. The highest BCUT2D eigenvalue weighted by Crippen LogP contribution is 2.15. The maximum atomic E-state index is 13.0. The zero-order valence-electron chi connectivity index (χ0n) is 16.1. The third kappa shape index (κ3) is 3.55. The summed E-state index contributed by atoms with van der Waals surface area (Å²) >= 11 is 0. The first-order valence-corrected chi connectivity index (χ1v) is 9.07. The standard InChI is InChI=1S/C19H20N6O4/c1-28-9-3-6-24-7-4-14-12(17(24)26)10-13-15(20-14)5-8-25(18(13)27)19-21-16(11-29-2)22-23-19/h4-5,7-8,10H,3,6,9,11H2,1-2H3,(H,21,22,23). The first kappa shape index (κ1) is 19.0. The Morgan fingerprint density at radius 2 is 1.76 bits per heavy atom. The molecule has 1 N–H and O–H groups in total. The highest BCUT2D eigenvalue weighted by atomic mass is 16.5. The number of hydrogen-bond acceptors (Lipinski definition) is 7. The number of aromatic amines is 1. The van der Waals surface area contributed by atoms with Gasteiger partial charge in [-0.2, -0.15) is 4.98 Å². The molecule has 0 aromatic carbocycles. The van der Waals surface area contributed by atoms with Gasteiger partial charge in [-0.25, -0.2) is 9.55 Å². The van der Waals surface area contributed by atoms with Crippen molar-refractivity contribution in [3.05, 3.63) is 57.1 Å². The molecule has 0 aliphatic heterocycles. The maximum Gasteiger partial charge on any atom is 0.267 e. The monoisotopic (exact) mass is 396 g/mol. The zero-order valence-corrected chi connectivity index (χ0v) is 16.1. The van der Waals surface area contributed by atoms with Crippen LogP contribution in [0.3, 0.4) is 0 Å². The Labute approximate surface area is 164 Å². The molecule has 4 rings (SSSR count). The van der Waals surface area contributed by atoms with Crippen LogP contribution < -0.4 is 11.1 Å². The van der Waals surface area contributed by atoms with E-state index in [2.05, 4.69) is 20.2 Å². The summed E-state index contributed by atoms with van der Waals surface area (Å²) in [5.41, 5.74) is 0.503. The van der Waals surface area contributed by atoms with Crippen molar-refractivity contribution in [1.29, 1.82) is 0 Å². The van der Waals surface area contributed by atoms with Crippen LogP contribution in [0, 0.1) is 0 Å². The Hall–Kier alpha value is -3.37. The van der Waals surface area contributed by atoms with E-state index >= 15 is 0 Å². The van der Waals surface area contributed by atoms with Crippen LogP contribution in [-0.4, -0.2) is 50.1 Å². The van der Waals surface area contributed by atoms with Crippen molar-refractivity contribution in [1.82, 2.24) is 29.3 Å². The minimum atomic E-state index is -0.353. The molecular weight excluding hydrogens is 376 g/mol. The molecule has 4 heterocycles. The predicted molar refractivity (Wildman–Crippen MR) is 106 cm³/mol. The molecule has 4 aromatic rings. The van der Waals surface area contributed by atoms with Gasteiger partial charge in [0.15, 0.2) is 5.82 Å². The summed E-state index contributed by atoms with van der Waals surface area (Å²) in [6, 6.07) is 5.07. The van der Waals surface area contributed by atoms with Gasteiger partial charge >= 0.3 is 0 Å². The summed E-state index contributed by atoms with van der Waals surface area (Å²) in [5, 5.41) is 7.50. The van der Waals surface area contributed by atoms with Crippen molar-refractivity contribution in [2.24, 2.45) is 0 Å². The summed E-state index contributed by atoms with van der Waals surface area (Å²) in [6.45, 7) is 1.34. The minimum Gasteiger partial charge on any atom is -0.385 e. The molecule has 0 atom stereocenters. The van der Waals surface area contributed by atoms with Crippen LogP contribution in [0.2, 0.25) is 0 Å². The summed E-state index contributed by atoms with van der Waals surface area (Å²) < 4.78 is 13.0. The van der Waals surface area contributed by atoms with Crippen molar-refractivity contribution in [2.45, 2.75) is 19.6 Å². The normalized spacial score (nSPS) is 11.5. The second-order valence-electron chi connectivity index (χ2n) is 6.52. The van der Waals surface area contributed by atoms with Crippen molar-refractivity contribution in [3.8, 4) is 5.95 Å². The van der Waals surface area contributed by atoms with E-state index < -0.39 is 0 Å². The number of methoxy groups -OCH3 is 2. The molecule has 0 saturated heterocycles. The fourth-order valence-electron chi connectivity index (χ4n) is 3.17. The summed E-state index contributed by atoms with van der Waals surface area (Å²) in [4.78, 5) is 34.6. The molecule has 0 aliphatic rings. The van der Waals surface area contributed by atoms with E-state index in [1.807, 2.05) is 0 Å². The molecule has 0 bridgehead atoms. The number of rotatable bonds is 7. The molecule has 0 saturated carbocycles.